The molecule has 0 aliphatic heterocycles. The van der Waals surface area contributed by atoms with Crippen molar-refractivity contribution in [1.82, 2.24) is 9.97 Å². The van der Waals surface area contributed by atoms with Crippen molar-refractivity contribution < 1.29 is 8.42 Å². The summed E-state index contributed by atoms with van der Waals surface area (Å²) in [6.45, 7) is 1.62. The van der Waals surface area contributed by atoms with Gasteiger partial charge >= 0.3 is 0 Å². The lowest BCUT2D eigenvalue weighted by Crippen LogP contribution is -2.04. The Morgan fingerprint density at radius 1 is 0.923 bits per heavy atom. The largest absolute Gasteiger partial charge is 0.340 e. The van der Waals surface area contributed by atoms with Crippen molar-refractivity contribution in [2.24, 2.45) is 0 Å². The van der Waals surface area contributed by atoms with Crippen LogP contribution >= 0.6 is 15.9 Å². The summed E-state index contributed by atoms with van der Waals surface area (Å²) >= 11 is 3.40. The molecule has 1 aromatic heterocycles. The molecule has 0 aliphatic carbocycles. The molecule has 0 radical (unpaired) electrons. The van der Waals surface area contributed by atoms with E-state index >= 15 is 0 Å². The molecule has 0 atom stereocenters. The molecule has 0 saturated carbocycles. The first-order valence-electron chi connectivity index (χ1n) is 7.91. The summed E-state index contributed by atoms with van der Waals surface area (Å²) in [5, 5.41) is 6.31. The number of rotatable bonds is 6. The summed E-state index contributed by atoms with van der Waals surface area (Å²) in [7, 11) is -3.25. The van der Waals surface area contributed by atoms with Gasteiger partial charge in [0.05, 0.1) is 10.6 Å². The van der Waals surface area contributed by atoms with Gasteiger partial charge in [-0.25, -0.2) is 18.4 Å². The van der Waals surface area contributed by atoms with Crippen LogP contribution in [0.4, 0.5) is 23.0 Å². The molecule has 0 saturated heterocycles. The van der Waals surface area contributed by atoms with Crippen molar-refractivity contribution in [2.45, 2.75) is 11.8 Å². The molecular formula is C18H17BrN4O2S. The van der Waals surface area contributed by atoms with E-state index in [2.05, 4.69) is 36.5 Å². The number of aromatic nitrogens is 2. The molecule has 3 aromatic rings. The smallest absolute Gasteiger partial charge is 0.178 e. The van der Waals surface area contributed by atoms with E-state index in [0.29, 0.717) is 17.3 Å². The van der Waals surface area contributed by atoms with E-state index in [9.17, 15) is 8.42 Å². The molecule has 0 spiro atoms. The van der Waals surface area contributed by atoms with Crippen LogP contribution in [0.5, 0.6) is 0 Å². The Hall–Kier alpha value is -2.45. The predicted molar refractivity (Wildman–Crippen MR) is 107 cm³/mol. The second-order valence-electron chi connectivity index (χ2n) is 5.48. The van der Waals surface area contributed by atoms with E-state index in [1.54, 1.807) is 37.3 Å². The van der Waals surface area contributed by atoms with E-state index < -0.39 is 9.84 Å². The number of nitrogens with zero attached hydrogens (tertiary/aromatic N) is 2. The highest BCUT2D eigenvalue weighted by atomic mass is 79.9. The Kier molecular flexibility index (Phi) is 5.53. The van der Waals surface area contributed by atoms with Crippen LogP contribution in [-0.2, 0) is 9.84 Å². The lowest BCUT2D eigenvalue weighted by atomic mass is 10.3. The van der Waals surface area contributed by atoms with Gasteiger partial charge in [-0.3, -0.25) is 0 Å². The number of sulfone groups is 1. The molecule has 26 heavy (non-hydrogen) atoms. The quantitative estimate of drug-likeness (QED) is 0.595. The molecule has 0 unspecified atom stereocenters. The Morgan fingerprint density at radius 2 is 1.58 bits per heavy atom. The van der Waals surface area contributed by atoms with Crippen molar-refractivity contribution >= 4 is 48.8 Å². The number of benzene rings is 2. The second kappa shape index (κ2) is 7.84. The molecule has 0 bridgehead atoms. The monoisotopic (exact) mass is 432 g/mol. The van der Waals surface area contributed by atoms with Crippen LogP contribution in [0.15, 0.2) is 70.3 Å². The van der Waals surface area contributed by atoms with E-state index in [4.69, 9.17) is 0 Å². The van der Waals surface area contributed by atoms with Gasteiger partial charge in [-0.15, -0.1) is 0 Å². The van der Waals surface area contributed by atoms with Crippen LogP contribution in [0, 0.1) is 0 Å². The molecule has 0 fully saturated rings. The van der Waals surface area contributed by atoms with Crippen LogP contribution in [0.3, 0.4) is 0 Å². The zero-order chi connectivity index (χ0) is 18.6. The van der Waals surface area contributed by atoms with E-state index in [0.717, 1.165) is 10.2 Å². The maximum Gasteiger partial charge on any atom is 0.178 e. The summed E-state index contributed by atoms with van der Waals surface area (Å²) in [4.78, 5) is 8.67. The molecule has 6 nitrogen and oxygen atoms in total. The lowest BCUT2D eigenvalue weighted by Gasteiger charge is -2.10. The third-order valence-corrected chi connectivity index (χ3v) is 5.89. The maximum atomic E-state index is 12.0. The van der Waals surface area contributed by atoms with Gasteiger partial charge in [0.2, 0.25) is 0 Å². The highest BCUT2D eigenvalue weighted by Crippen LogP contribution is 2.22. The lowest BCUT2D eigenvalue weighted by molar-refractivity contribution is 0.597. The number of hydrogen-bond acceptors (Lipinski definition) is 6. The number of hydrogen-bond donors (Lipinski definition) is 2. The minimum atomic E-state index is -3.25. The summed E-state index contributed by atoms with van der Waals surface area (Å²) in [6, 6.07) is 16.2. The van der Waals surface area contributed by atoms with Crippen molar-refractivity contribution in [3.63, 3.8) is 0 Å². The molecular weight excluding hydrogens is 416 g/mol. The predicted octanol–water partition coefficient (Wildman–Crippen LogP) is 4.52. The average Bonchev–Trinajstić information content (AvgIpc) is 2.64. The average molecular weight is 433 g/mol. The van der Waals surface area contributed by atoms with E-state index in [1.807, 2.05) is 24.3 Å². The Labute approximate surface area is 160 Å². The Morgan fingerprint density at radius 3 is 2.23 bits per heavy atom. The Balaban J connectivity index is 1.79. The van der Waals surface area contributed by atoms with Gasteiger partial charge in [-0.2, -0.15) is 0 Å². The van der Waals surface area contributed by atoms with E-state index in [1.165, 1.54) is 6.33 Å². The highest BCUT2D eigenvalue weighted by Gasteiger charge is 2.12. The number of nitrogens with one attached hydrogen (secondary N) is 2. The van der Waals surface area contributed by atoms with Gasteiger partial charge in [-0.05, 0) is 42.5 Å². The minimum absolute atomic E-state index is 0.0607. The topological polar surface area (TPSA) is 84.0 Å². The summed E-state index contributed by atoms with van der Waals surface area (Å²) in [5.41, 5.74) is 1.54. The molecule has 0 amide bonds. The highest BCUT2D eigenvalue weighted by molar-refractivity contribution is 9.10. The van der Waals surface area contributed by atoms with Crippen molar-refractivity contribution in [3.05, 3.63) is 65.4 Å². The fraction of sp³-hybridized carbons (Fsp3) is 0.111. The number of halogens is 1. The normalized spacial score (nSPS) is 11.2. The van der Waals surface area contributed by atoms with Crippen LogP contribution in [0.2, 0.25) is 0 Å². The van der Waals surface area contributed by atoms with E-state index in [-0.39, 0.29) is 10.6 Å². The molecule has 0 aliphatic rings. The maximum absolute atomic E-state index is 12.0. The zero-order valence-electron chi connectivity index (χ0n) is 14.0. The van der Waals surface area contributed by atoms with Gasteiger partial charge < -0.3 is 10.6 Å². The van der Waals surface area contributed by atoms with Crippen LogP contribution in [-0.4, -0.2) is 24.1 Å². The first kappa shape index (κ1) is 18.3. The van der Waals surface area contributed by atoms with Crippen LogP contribution < -0.4 is 10.6 Å². The van der Waals surface area contributed by atoms with Crippen molar-refractivity contribution in [1.29, 1.82) is 0 Å². The third-order valence-electron chi connectivity index (χ3n) is 3.63. The van der Waals surface area contributed by atoms with Gasteiger partial charge in [0.25, 0.3) is 0 Å². The fourth-order valence-electron chi connectivity index (χ4n) is 2.26. The molecule has 1 heterocycles. The third kappa shape index (κ3) is 4.59. The molecule has 8 heteroatoms. The van der Waals surface area contributed by atoms with Crippen molar-refractivity contribution in [3.8, 4) is 0 Å². The number of anilines is 4. The molecule has 134 valence electrons. The van der Waals surface area contributed by atoms with Crippen LogP contribution in [0.25, 0.3) is 0 Å². The van der Waals surface area contributed by atoms with Gasteiger partial charge in [-0.1, -0.05) is 28.9 Å². The molecule has 2 aromatic carbocycles. The standard InChI is InChI=1S/C18H17BrN4O2S/c1-2-26(24,25)16-5-3-4-15(10-16)23-18-11-17(20-12-21-18)22-14-8-6-13(19)7-9-14/h3-12H,2H2,1H3,(H2,20,21,22,23). The molecule has 3 rings (SSSR count). The minimum Gasteiger partial charge on any atom is -0.340 e. The fourth-order valence-corrected chi connectivity index (χ4v) is 3.45. The van der Waals surface area contributed by atoms with Gasteiger partial charge in [0.1, 0.15) is 18.0 Å². The first-order valence-corrected chi connectivity index (χ1v) is 10.4. The molecule has 2 N–H and O–H groups in total. The summed E-state index contributed by atoms with van der Waals surface area (Å²) < 4.78 is 25.0. The Bertz CT molecular complexity index is 1010. The SMILES string of the molecule is CCS(=O)(=O)c1cccc(Nc2cc(Nc3ccc(Br)cc3)ncn2)c1. The summed E-state index contributed by atoms with van der Waals surface area (Å²) in [5.74, 6) is 1.25. The zero-order valence-corrected chi connectivity index (χ0v) is 16.4. The van der Waals surface area contributed by atoms with Crippen molar-refractivity contribution in [2.75, 3.05) is 16.4 Å². The van der Waals surface area contributed by atoms with Gasteiger partial charge in [0.15, 0.2) is 9.84 Å². The first-order chi connectivity index (χ1) is 12.5. The second-order valence-corrected chi connectivity index (χ2v) is 8.67. The van der Waals surface area contributed by atoms with Crippen LogP contribution in [0.1, 0.15) is 6.92 Å². The van der Waals surface area contributed by atoms with Gasteiger partial charge in [0, 0.05) is 21.9 Å². The summed E-state index contributed by atoms with van der Waals surface area (Å²) in [6.07, 6.45) is 1.44.